The van der Waals surface area contributed by atoms with Crippen molar-refractivity contribution in [3.8, 4) is 0 Å². The minimum atomic E-state index is -1.16. The summed E-state index contributed by atoms with van der Waals surface area (Å²) in [4.78, 5) is 16.8. The molecule has 1 saturated heterocycles. The van der Waals surface area contributed by atoms with Crippen molar-refractivity contribution in [2.24, 2.45) is 17.8 Å². The Morgan fingerprint density at radius 2 is 1.77 bits per heavy atom. The molecular weight excluding hydrogens is 667 g/mol. The smallest absolute Gasteiger partial charge is 0.163 e. The lowest BCUT2D eigenvalue weighted by molar-refractivity contribution is -0.161. The number of rotatable bonds is 13. The molecule has 284 valence electrons. The number of fused-ring (bicyclic) bond motifs is 3. The van der Waals surface area contributed by atoms with Gasteiger partial charge >= 0.3 is 0 Å². The largest absolute Gasteiger partial charge is 0.383 e. The van der Waals surface area contributed by atoms with E-state index in [0.717, 1.165) is 49.1 Å². The fraction of sp³-hybridized carbons (Fsp3) is 0.683. The summed E-state index contributed by atoms with van der Waals surface area (Å²) in [6.07, 6.45) is 8.10. The summed E-state index contributed by atoms with van der Waals surface area (Å²) in [5.74, 6) is 2.75. The summed E-state index contributed by atoms with van der Waals surface area (Å²) >= 11 is 0. The van der Waals surface area contributed by atoms with Gasteiger partial charge in [-0.15, -0.1) is 0 Å². The number of hydrogen-bond donors (Lipinski definition) is 1. The van der Waals surface area contributed by atoms with Crippen LogP contribution in [0.3, 0.4) is 0 Å². The Bertz CT molecular complexity index is 1870. The van der Waals surface area contributed by atoms with Crippen molar-refractivity contribution >= 4 is 36.0 Å². The van der Waals surface area contributed by atoms with Crippen LogP contribution in [-0.4, -0.2) is 80.8 Å². The average Bonchev–Trinajstić information content (AvgIpc) is 3.77. The zero-order chi connectivity index (χ0) is 37.2. The van der Waals surface area contributed by atoms with Gasteiger partial charge in [0.25, 0.3) is 0 Å². The van der Waals surface area contributed by atoms with Crippen LogP contribution in [0, 0.1) is 17.8 Å². The van der Waals surface area contributed by atoms with E-state index in [2.05, 4.69) is 103 Å². The van der Waals surface area contributed by atoms with Gasteiger partial charge in [0.2, 0.25) is 0 Å². The molecule has 1 aliphatic heterocycles. The average molecular weight is 730 g/mol. The minimum Gasteiger partial charge on any atom is -0.383 e. The van der Waals surface area contributed by atoms with Gasteiger partial charge in [0.05, 0.1) is 28.6 Å². The second-order valence-electron chi connectivity index (χ2n) is 19.1. The van der Waals surface area contributed by atoms with Gasteiger partial charge in [0.1, 0.15) is 36.5 Å². The van der Waals surface area contributed by atoms with Crippen molar-refractivity contribution in [2.75, 3.05) is 25.4 Å². The van der Waals surface area contributed by atoms with Gasteiger partial charge in [-0.3, -0.25) is 0 Å². The highest BCUT2D eigenvalue weighted by Crippen LogP contribution is 2.48. The lowest BCUT2D eigenvalue weighted by Crippen LogP contribution is -2.44. The Morgan fingerprint density at radius 3 is 2.48 bits per heavy atom. The van der Waals surface area contributed by atoms with E-state index >= 15 is 0 Å². The van der Waals surface area contributed by atoms with Gasteiger partial charge in [-0.1, -0.05) is 46.5 Å². The predicted octanol–water partition coefficient (Wildman–Crippen LogP) is 8.03. The quantitative estimate of drug-likeness (QED) is 0.109. The second kappa shape index (κ2) is 14.1. The molecule has 2 saturated carbocycles. The van der Waals surface area contributed by atoms with E-state index in [-0.39, 0.29) is 23.7 Å². The zero-order valence-corrected chi connectivity index (χ0v) is 34.4. The van der Waals surface area contributed by atoms with Crippen LogP contribution in [0.1, 0.15) is 85.2 Å². The molecule has 0 bridgehead atoms. The fourth-order valence-corrected chi connectivity index (χ4v) is 9.58. The minimum absolute atomic E-state index is 0.0341. The molecule has 4 heterocycles. The molecule has 11 heteroatoms. The van der Waals surface area contributed by atoms with Crippen molar-refractivity contribution in [3.05, 3.63) is 48.2 Å². The fourth-order valence-electron chi connectivity index (χ4n) is 8.82. The van der Waals surface area contributed by atoms with Crippen LogP contribution in [0.5, 0.6) is 0 Å². The molecule has 52 heavy (non-hydrogen) atoms. The van der Waals surface area contributed by atoms with Gasteiger partial charge in [0.15, 0.2) is 5.79 Å². The Morgan fingerprint density at radius 1 is 1.02 bits per heavy atom. The van der Waals surface area contributed by atoms with Gasteiger partial charge in [-0.05, 0) is 94.0 Å². The second-order valence-corrected chi connectivity index (χ2v) is 24.7. The Kier molecular flexibility index (Phi) is 10.2. The van der Waals surface area contributed by atoms with E-state index in [0.29, 0.717) is 36.3 Å². The first-order valence-corrected chi connectivity index (χ1v) is 23.4. The molecule has 7 rings (SSSR count). The number of imidazole rings is 1. The monoisotopic (exact) mass is 729 g/mol. The SMILES string of the molecule is CC(C)N(CC1CC(Cc2nc3cc(C(C)(C)C)ccc3n2COCC[Si](C)(C)C)C1)CC1CC(n2ccc3c(N)ncnc32)C2OC(C)(C)O[C@H]12. The van der Waals surface area contributed by atoms with Crippen LogP contribution < -0.4 is 5.73 Å². The Balaban J connectivity index is 1.02. The molecular formula is C41H63N7O3Si. The van der Waals surface area contributed by atoms with Crippen LogP contribution in [0.15, 0.2) is 36.8 Å². The van der Waals surface area contributed by atoms with Crippen LogP contribution in [0.4, 0.5) is 5.82 Å². The number of anilines is 1. The molecule has 10 nitrogen and oxygen atoms in total. The number of hydrogen-bond acceptors (Lipinski definition) is 8. The Labute approximate surface area is 311 Å². The molecule has 4 aromatic rings. The summed E-state index contributed by atoms with van der Waals surface area (Å²) in [6.45, 7) is 26.3. The molecule has 2 aliphatic carbocycles. The lowest BCUT2D eigenvalue weighted by atomic mass is 9.72. The molecule has 2 N–H and O–H groups in total. The van der Waals surface area contributed by atoms with E-state index in [1.807, 2.05) is 19.9 Å². The van der Waals surface area contributed by atoms with E-state index in [1.165, 1.54) is 35.8 Å². The third kappa shape index (κ3) is 7.85. The van der Waals surface area contributed by atoms with Crippen molar-refractivity contribution in [3.63, 3.8) is 0 Å². The van der Waals surface area contributed by atoms with E-state index in [1.54, 1.807) is 6.33 Å². The van der Waals surface area contributed by atoms with Crippen molar-refractivity contribution in [1.29, 1.82) is 0 Å². The van der Waals surface area contributed by atoms with Crippen molar-refractivity contribution in [1.82, 2.24) is 29.0 Å². The van der Waals surface area contributed by atoms with Crippen molar-refractivity contribution in [2.45, 2.75) is 142 Å². The first-order valence-electron chi connectivity index (χ1n) is 19.7. The third-order valence-corrected chi connectivity index (χ3v) is 13.6. The van der Waals surface area contributed by atoms with E-state index < -0.39 is 13.9 Å². The Hall–Kier alpha value is -2.83. The maximum absolute atomic E-state index is 6.64. The van der Waals surface area contributed by atoms with Gasteiger partial charge in [0, 0.05) is 52.3 Å². The number of nitrogen functional groups attached to an aromatic ring is 1. The van der Waals surface area contributed by atoms with Gasteiger partial charge in [-0.2, -0.15) is 0 Å². The van der Waals surface area contributed by atoms with Gasteiger partial charge < -0.3 is 34.0 Å². The standard InChI is InChI=1S/C41H63N7O3Si/c1-26(2)46(23-29-20-34(37-36(29)50-41(6,7)51-37)47-14-13-31-38(42)43-24-44-39(31)47)22-28-17-27(18-28)19-35-45-32-21-30(40(3,4)5)11-12-33(32)48(35)25-49-15-16-52(8,9)10/h11-14,21,24,26-29,34,36-37H,15-20,22-23,25H2,1-10H3,(H2,42,43,44)/t27?,28?,29?,34?,36-,37?/m1/s1. The summed E-state index contributed by atoms with van der Waals surface area (Å²) in [6, 6.07) is 10.6. The molecule has 0 radical (unpaired) electrons. The number of nitrogens with two attached hydrogens (primary N) is 1. The zero-order valence-electron chi connectivity index (χ0n) is 33.4. The molecule has 3 fully saturated rings. The van der Waals surface area contributed by atoms with Crippen LogP contribution >= 0.6 is 0 Å². The molecule has 3 aromatic heterocycles. The maximum Gasteiger partial charge on any atom is 0.163 e. The highest BCUT2D eigenvalue weighted by Gasteiger charge is 2.55. The number of benzene rings is 1. The van der Waals surface area contributed by atoms with Crippen molar-refractivity contribution < 1.29 is 14.2 Å². The predicted molar refractivity (Wildman–Crippen MR) is 212 cm³/mol. The number of nitrogens with zero attached hydrogens (tertiary/aromatic N) is 6. The van der Waals surface area contributed by atoms with Crippen LogP contribution in [0.25, 0.3) is 22.1 Å². The maximum atomic E-state index is 6.64. The first kappa shape index (κ1) is 37.5. The topological polar surface area (TPSA) is 105 Å². The first-order chi connectivity index (χ1) is 24.5. The number of aromatic nitrogens is 5. The van der Waals surface area contributed by atoms with Crippen LogP contribution in [-0.2, 0) is 32.8 Å². The summed E-state index contributed by atoms with van der Waals surface area (Å²) < 4.78 is 24.1. The molecule has 3 aliphatic rings. The van der Waals surface area contributed by atoms with Crippen LogP contribution in [0.2, 0.25) is 25.7 Å². The molecule has 1 aromatic carbocycles. The normalized spacial score (nSPS) is 26.2. The summed E-state index contributed by atoms with van der Waals surface area (Å²) in [7, 11) is -1.16. The third-order valence-electron chi connectivity index (χ3n) is 11.9. The summed E-state index contributed by atoms with van der Waals surface area (Å²) in [5, 5.41) is 0.892. The van der Waals surface area contributed by atoms with Gasteiger partial charge in [-0.25, -0.2) is 15.0 Å². The molecule has 4 atom stereocenters. The summed E-state index contributed by atoms with van der Waals surface area (Å²) in [5.41, 5.74) is 10.8. The highest BCUT2D eigenvalue weighted by molar-refractivity contribution is 6.76. The molecule has 3 unspecified atom stereocenters. The highest BCUT2D eigenvalue weighted by atomic mass is 28.3. The molecule has 0 amide bonds. The number of ether oxygens (including phenoxy) is 3. The van der Waals surface area contributed by atoms with E-state index in [9.17, 15) is 0 Å². The molecule has 0 spiro atoms. The van der Waals surface area contributed by atoms with E-state index in [4.69, 9.17) is 24.9 Å². The lowest BCUT2D eigenvalue weighted by Gasteiger charge is -2.41.